The van der Waals surface area contributed by atoms with E-state index in [0.717, 1.165) is 24.8 Å². The Hall–Kier alpha value is -1.26. The lowest BCUT2D eigenvalue weighted by Crippen LogP contribution is -3.16. The lowest BCUT2D eigenvalue weighted by atomic mass is 10.0. The SMILES string of the molecule is CC(C)Oc1ccc(C(=O)OCCC[NH+]2CCCCC2C)cc1.[Cl-]. The minimum Gasteiger partial charge on any atom is -1.00 e. The van der Waals surface area contributed by atoms with E-state index in [4.69, 9.17) is 9.47 Å². The summed E-state index contributed by atoms with van der Waals surface area (Å²) in [6.45, 7) is 9.13. The molecule has 1 fully saturated rings. The van der Waals surface area contributed by atoms with E-state index in [2.05, 4.69) is 6.92 Å². The molecule has 24 heavy (non-hydrogen) atoms. The van der Waals surface area contributed by atoms with E-state index in [-0.39, 0.29) is 24.5 Å². The number of carbonyl (C=O) groups excluding carboxylic acids is 1. The topological polar surface area (TPSA) is 40.0 Å². The molecule has 1 saturated heterocycles. The maximum Gasteiger partial charge on any atom is 0.338 e. The van der Waals surface area contributed by atoms with E-state index in [1.807, 2.05) is 26.0 Å². The molecule has 2 atom stereocenters. The minimum absolute atomic E-state index is 0. The van der Waals surface area contributed by atoms with Crippen LogP contribution in [-0.2, 0) is 4.74 Å². The van der Waals surface area contributed by atoms with Crippen LogP contribution >= 0.6 is 0 Å². The zero-order chi connectivity index (χ0) is 16.7. The molecule has 1 N–H and O–H groups in total. The van der Waals surface area contributed by atoms with Gasteiger partial charge in [-0.1, -0.05) is 0 Å². The number of hydrogen-bond acceptors (Lipinski definition) is 3. The van der Waals surface area contributed by atoms with Gasteiger partial charge in [-0.25, -0.2) is 4.79 Å². The van der Waals surface area contributed by atoms with Crippen molar-refractivity contribution in [2.45, 2.75) is 58.6 Å². The van der Waals surface area contributed by atoms with Crippen molar-refractivity contribution < 1.29 is 31.6 Å². The molecule has 0 saturated carbocycles. The van der Waals surface area contributed by atoms with Crippen LogP contribution < -0.4 is 22.0 Å². The van der Waals surface area contributed by atoms with Crippen LogP contribution in [0.1, 0.15) is 56.8 Å². The van der Waals surface area contributed by atoms with E-state index < -0.39 is 0 Å². The quantitative estimate of drug-likeness (QED) is 0.528. The van der Waals surface area contributed by atoms with Gasteiger partial charge in [-0.05, 0) is 64.3 Å². The van der Waals surface area contributed by atoms with Crippen LogP contribution in [-0.4, -0.2) is 37.8 Å². The number of benzene rings is 1. The lowest BCUT2D eigenvalue weighted by Gasteiger charge is -2.30. The second kappa shape index (κ2) is 10.6. The molecule has 0 spiro atoms. The van der Waals surface area contributed by atoms with Crippen LogP contribution in [0.25, 0.3) is 0 Å². The number of piperidine rings is 1. The Morgan fingerprint density at radius 1 is 1.25 bits per heavy atom. The van der Waals surface area contributed by atoms with Crippen molar-refractivity contribution in [3.8, 4) is 5.75 Å². The van der Waals surface area contributed by atoms with Crippen molar-refractivity contribution in [3.05, 3.63) is 29.8 Å². The molecule has 2 unspecified atom stereocenters. The molecule has 4 nitrogen and oxygen atoms in total. The average Bonchev–Trinajstić information content (AvgIpc) is 2.53. The zero-order valence-corrected chi connectivity index (χ0v) is 15.8. The number of ether oxygens (including phenoxy) is 2. The fourth-order valence-electron chi connectivity index (χ4n) is 3.11. The van der Waals surface area contributed by atoms with Gasteiger partial charge >= 0.3 is 5.97 Å². The number of rotatable bonds is 7. The first-order valence-electron chi connectivity index (χ1n) is 8.84. The largest absolute Gasteiger partial charge is 1.00 e. The third kappa shape index (κ3) is 6.70. The molecule has 0 aliphatic carbocycles. The minimum atomic E-state index is -0.247. The highest BCUT2D eigenvalue weighted by Gasteiger charge is 2.21. The second-order valence-corrected chi connectivity index (χ2v) is 6.74. The van der Waals surface area contributed by atoms with Crippen molar-refractivity contribution in [2.24, 2.45) is 0 Å². The van der Waals surface area contributed by atoms with Gasteiger partial charge in [-0.15, -0.1) is 0 Å². The summed E-state index contributed by atoms with van der Waals surface area (Å²) >= 11 is 0. The Labute approximate surface area is 151 Å². The highest BCUT2D eigenvalue weighted by molar-refractivity contribution is 5.89. The molecule has 0 aromatic heterocycles. The summed E-state index contributed by atoms with van der Waals surface area (Å²) in [4.78, 5) is 13.7. The predicted molar refractivity (Wildman–Crippen MR) is 91.1 cm³/mol. The smallest absolute Gasteiger partial charge is 0.338 e. The molecule has 0 radical (unpaired) electrons. The maximum atomic E-state index is 12.0. The van der Waals surface area contributed by atoms with Gasteiger partial charge in [-0.2, -0.15) is 0 Å². The molecule has 2 rings (SSSR count). The van der Waals surface area contributed by atoms with Gasteiger partial charge in [0.25, 0.3) is 0 Å². The van der Waals surface area contributed by atoms with E-state index >= 15 is 0 Å². The highest BCUT2D eigenvalue weighted by Crippen LogP contribution is 2.14. The third-order valence-electron chi connectivity index (χ3n) is 4.42. The van der Waals surface area contributed by atoms with Crippen LogP contribution in [0.5, 0.6) is 5.75 Å². The highest BCUT2D eigenvalue weighted by atomic mass is 35.5. The fourth-order valence-corrected chi connectivity index (χ4v) is 3.11. The van der Waals surface area contributed by atoms with E-state index in [9.17, 15) is 4.79 Å². The normalized spacial score (nSPS) is 20.3. The van der Waals surface area contributed by atoms with Gasteiger partial charge < -0.3 is 26.8 Å². The first-order chi connectivity index (χ1) is 11.1. The van der Waals surface area contributed by atoms with E-state index in [1.165, 1.54) is 25.8 Å². The molecular formula is C19H30ClNO3. The molecule has 0 bridgehead atoms. The summed E-state index contributed by atoms with van der Waals surface area (Å²) in [6, 6.07) is 7.90. The van der Waals surface area contributed by atoms with Crippen molar-refractivity contribution in [1.29, 1.82) is 0 Å². The second-order valence-electron chi connectivity index (χ2n) is 6.74. The molecule has 1 aliphatic heterocycles. The van der Waals surface area contributed by atoms with Gasteiger partial charge in [-0.3, -0.25) is 0 Å². The van der Waals surface area contributed by atoms with Crippen molar-refractivity contribution in [2.75, 3.05) is 19.7 Å². The van der Waals surface area contributed by atoms with Crippen LogP contribution in [0, 0.1) is 0 Å². The van der Waals surface area contributed by atoms with Gasteiger partial charge in [0.2, 0.25) is 0 Å². The Bertz CT molecular complexity index is 490. The molecular weight excluding hydrogens is 326 g/mol. The third-order valence-corrected chi connectivity index (χ3v) is 4.42. The van der Waals surface area contributed by atoms with E-state index in [0.29, 0.717) is 12.2 Å². The summed E-state index contributed by atoms with van der Waals surface area (Å²) in [5.74, 6) is 0.530. The van der Waals surface area contributed by atoms with Gasteiger partial charge in [0, 0.05) is 6.42 Å². The summed E-state index contributed by atoms with van der Waals surface area (Å²) in [6.07, 6.45) is 5.06. The molecule has 0 amide bonds. The summed E-state index contributed by atoms with van der Waals surface area (Å²) in [5, 5.41) is 0. The van der Waals surface area contributed by atoms with Gasteiger partial charge in [0.05, 0.1) is 37.4 Å². The first kappa shape index (κ1) is 20.8. The number of carbonyl (C=O) groups is 1. The molecule has 1 aromatic carbocycles. The molecule has 5 heteroatoms. The predicted octanol–water partition coefficient (Wildman–Crippen LogP) is -0.518. The molecule has 1 aliphatic rings. The van der Waals surface area contributed by atoms with Crippen LogP contribution in [0.3, 0.4) is 0 Å². The monoisotopic (exact) mass is 355 g/mol. The van der Waals surface area contributed by atoms with Gasteiger partial charge in [0.15, 0.2) is 0 Å². The standard InChI is InChI=1S/C19H29NO3.ClH/c1-15(2)23-18-10-8-17(9-11-18)19(21)22-14-6-13-20-12-5-4-7-16(20)3;/h8-11,15-16H,4-7,12-14H2,1-3H3;1H. The molecule has 1 aromatic rings. The first-order valence-corrected chi connectivity index (χ1v) is 8.84. The summed E-state index contributed by atoms with van der Waals surface area (Å²) in [7, 11) is 0. The van der Waals surface area contributed by atoms with Crippen LogP contribution in [0.4, 0.5) is 0 Å². The summed E-state index contributed by atoms with van der Waals surface area (Å²) in [5.41, 5.74) is 0.583. The van der Waals surface area contributed by atoms with Crippen molar-refractivity contribution in [3.63, 3.8) is 0 Å². The fraction of sp³-hybridized carbons (Fsp3) is 0.632. The summed E-state index contributed by atoms with van der Waals surface area (Å²) < 4.78 is 11.0. The van der Waals surface area contributed by atoms with Crippen molar-refractivity contribution >= 4 is 5.97 Å². The number of esters is 1. The number of halogens is 1. The van der Waals surface area contributed by atoms with Gasteiger partial charge in [0.1, 0.15) is 5.75 Å². The van der Waals surface area contributed by atoms with Crippen LogP contribution in [0.15, 0.2) is 24.3 Å². The van der Waals surface area contributed by atoms with E-state index in [1.54, 1.807) is 17.0 Å². The maximum absolute atomic E-state index is 12.0. The van der Waals surface area contributed by atoms with Crippen molar-refractivity contribution in [1.82, 2.24) is 0 Å². The number of hydrogen-bond donors (Lipinski definition) is 1. The molecule has 136 valence electrons. The number of quaternary nitrogens is 1. The Morgan fingerprint density at radius 2 is 1.96 bits per heavy atom. The van der Waals surface area contributed by atoms with Crippen LogP contribution in [0.2, 0.25) is 0 Å². The number of nitrogens with one attached hydrogen (secondary N) is 1. The number of likely N-dealkylation sites (tertiary alicyclic amines) is 1. The Morgan fingerprint density at radius 3 is 2.58 bits per heavy atom. The Balaban J connectivity index is 0.00000288. The average molecular weight is 356 g/mol. The Kier molecular flexibility index (Phi) is 9.16. The molecule has 1 heterocycles. The lowest BCUT2D eigenvalue weighted by molar-refractivity contribution is -0.928. The zero-order valence-electron chi connectivity index (χ0n) is 15.0.